The topological polar surface area (TPSA) is 59.3 Å². The molecule has 0 aromatic carbocycles. The van der Waals surface area contributed by atoms with Crippen LogP contribution in [0.25, 0.3) is 5.65 Å². The van der Waals surface area contributed by atoms with Gasteiger partial charge in [0.25, 0.3) is 5.91 Å². The van der Waals surface area contributed by atoms with E-state index >= 15 is 0 Å². The molecule has 0 spiro atoms. The van der Waals surface area contributed by atoms with Crippen molar-refractivity contribution in [2.45, 2.75) is 44.7 Å². The fraction of sp³-hybridized carbons (Fsp3) is 0.533. The number of hydrogen-bond acceptors (Lipinski definition) is 3. The lowest BCUT2D eigenvalue weighted by Crippen LogP contribution is -2.24. The van der Waals surface area contributed by atoms with E-state index in [1.807, 2.05) is 6.92 Å². The van der Waals surface area contributed by atoms with E-state index in [-0.39, 0.29) is 17.1 Å². The summed E-state index contributed by atoms with van der Waals surface area (Å²) in [7, 11) is 0. The summed E-state index contributed by atoms with van der Waals surface area (Å²) in [6.07, 6.45) is -0.0293. The van der Waals surface area contributed by atoms with Gasteiger partial charge in [0.15, 0.2) is 5.65 Å². The lowest BCUT2D eigenvalue weighted by Gasteiger charge is -2.11. The lowest BCUT2D eigenvalue weighted by atomic mass is 10.2. The number of nitrogens with zero attached hydrogens (tertiary/aromatic N) is 3. The number of amides is 1. The van der Waals surface area contributed by atoms with Crippen molar-refractivity contribution in [1.82, 2.24) is 19.9 Å². The van der Waals surface area contributed by atoms with Gasteiger partial charge in [-0.2, -0.15) is 18.3 Å². The molecule has 124 valence electrons. The standard InChI is InChI=1S/C15H17F3N4O/c1-2-3-6-19-14(23)10-8-20-22-12(15(16,17)18)7-11(9-4-5-9)21-13(10)22/h7-9H,2-6H2,1H3,(H,19,23). The number of rotatable bonds is 5. The summed E-state index contributed by atoms with van der Waals surface area (Å²) in [6, 6.07) is 1.04. The molecular weight excluding hydrogens is 309 g/mol. The Morgan fingerprint density at radius 2 is 2.17 bits per heavy atom. The van der Waals surface area contributed by atoms with Gasteiger partial charge in [-0.25, -0.2) is 9.50 Å². The van der Waals surface area contributed by atoms with E-state index in [9.17, 15) is 18.0 Å². The van der Waals surface area contributed by atoms with Gasteiger partial charge in [-0.05, 0) is 25.3 Å². The second kappa shape index (κ2) is 5.82. The van der Waals surface area contributed by atoms with E-state index in [0.717, 1.165) is 37.9 Å². The molecule has 1 aliphatic carbocycles. The van der Waals surface area contributed by atoms with Gasteiger partial charge in [0.1, 0.15) is 11.3 Å². The summed E-state index contributed by atoms with van der Waals surface area (Å²) in [4.78, 5) is 16.4. The van der Waals surface area contributed by atoms with Crippen LogP contribution in [0.4, 0.5) is 13.2 Å². The molecule has 1 fully saturated rings. The van der Waals surface area contributed by atoms with E-state index in [4.69, 9.17) is 0 Å². The second-order valence-corrected chi connectivity index (χ2v) is 5.74. The van der Waals surface area contributed by atoms with E-state index in [1.165, 1.54) is 0 Å². The molecule has 2 heterocycles. The third-order valence-electron chi connectivity index (χ3n) is 3.84. The molecule has 1 aliphatic rings. The SMILES string of the molecule is CCCCNC(=O)c1cnn2c(C(F)(F)F)cc(C3CC3)nc12. The Morgan fingerprint density at radius 3 is 2.78 bits per heavy atom. The minimum Gasteiger partial charge on any atom is -0.352 e. The molecule has 0 unspecified atom stereocenters. The molecule has 23 heavy (non-hydrogen) atoms. The summed E-state index contributed by atoms with van der Waals surface area (Å²) in [6.45, 7) is 2.46. The summed E-state index contributed by atoms with van der Waals surface area (Å²) in [5.74, 6) is -0.394. The molecule has 1 N–H and O–H groups in total. The predicted molar refractivity (Wildman–Crippen MR) is 77.2 cm³/mol. The Hall–Kier alpha value is -2.12. The number of unbranched alkanes of at least 4 members (excludes halogenated alkanes) is 1. The Labute approximate surface area is 130 Å². The van der Waals surface area contributed by atoms with Crippen LogP contribution in [0.3, 0.4) is 0 Å². The van der Waals surface area contributed by atoms with E-state index in [1.54, 1.807) is 0 Å². The van der Waals surface area contributed by atoms with Gasteiger partial charge < -0.3 is 5.32 Å². The van der Waals surface area contributed by atoms with Crippen LogP contribution in [0, 0.1) is 0 Å². The Kier molecular flexibility index (Phi) is 3.99. The third kappa shape index (κ3) is 3.16. The van der Waals surface area contributed by atoms with Gasteiger partial charge in [-0.15, -0.1) is 0 Å². The van der Waals surface area contributed by atoms with Crippen molar-refractivity contribution in [3.8, 4) is 0 Å². The zero-order valence-corrected chi connectivity index (χ0v) is 12.7. The fourth-order valence-corrected chi connectivity index (χ4v) is 2.41. The van der Waals surface area contributed by atoms with Crippen molar-refractivity contribution in [3.63, 3.8) is 0 Å². The summed E-state index contributed by atoms with van der Waals surface area (Å²) < 4.78 is 40.5. The molecule has 0 saturated heterocycles. The average Bonchev–Trinajstić information content (AvgIpc) is 3.25. The summed E-state index contributed by atoms with van der Waals surface area (Å²) >= 11 is 0. The number of carbonyl (C=O) groups is 1. The van der Waals surface area contributed by atoms with Gasteiger partial charge in [-0.3, -0.25) is 4.79 Å². The van der Waals surface area contributed by atoms with Crippen LogP contribution in [0.15, 0.2) is 12.3 Å². The van der Waals surface area contributed by atoms with Crippen LogP contribution in [0.1, 0.15) is 60.3 Å². The van der Waals surface area contributed by atoms with Crippen LogP contribution in [-0.2, 0) is 6.18 Å². The monoisotopic (exact) mass is 326 g/mol. The fourth-order valence-electron chi connectivity index (χ4n) is 2.41. The van der Waals surface area contributed by atoms with Crippen LogP contribution < -0.4 is 5.32 Å². The number of hydrogen-bond donors (Lipinski definition) is 1. The Bertz CT molecular complexity index is 734. The maximum Gasteiger partial charge on any atom is 0.433 e. The summed E-state index contributed by atoms with van der Waals surface area (Å²) in [5.41, 5.74) is -0.463. The summed E-state index contributed by atoms with van der Waals surface area (Å²) in [5, 5.41) is 6.42. The maximum atomic E-state index is 13.3. The molecule has 1 saturated carbocycles. The number of aromatic nitrogens is 3. The van der Waals surface area contributed by atoms with Gasteiger partial charge in [0, 0.05) is 18.2 Å². The predicted octanol–water partition coefficient (Wildman–Crippen LogP) is 3.16. The first-order valence-electron chi connectivity index (χ1n) is 7.66. The van der Waals surface area contributed by atoms with Crippen molar-refractivity contribution in [3.05, 3.63) is 29.2 Å². The molecule has 2 aromatic rings. The molecule has 5 nitrogen and oxygen atoms in total. The number of nitrogens with one attached hydrogen (secondary N) is 1. The number of fused-ring (bicyclic) bond motifs is 1. The van der Waals surface area contributed by atoms with Crippen LogP contribution in [0.5, 0.6) is 0 Å². The molecule has 0 atom stereocenters. The van der Waals surface area contributed by atoms with Gasteiger partial charge in [-0.1, -0.05) is 13.3 Å². The molecule has 0 aliphatic heterocycles. The number of halogens is 3. The minimum absolute atomic E-state index is 0.0317. The zero-order valence-electron chi connectivity index (χ0n) is 12.7. The van der Waals surface area contributed by atoms with Crippen molar-refractivity contribution in [2.75, 3.05) is 6.54 Å². The zero-order chi connectivity index (χ0) is 16.6. The molecule has 0 bridgehead atoms. The van der Waals surface area contributed by atoms with E-state index < -0.39 is 17.8 Å². The first-order valence-corrected chi connectivity index (χ1v) is 7.66. The van der Waals surface area contributed by atoms with Gasteiger partial charge in [0.05, 0.1) is 6.20 Å². The minimum atomic E-state index is -4.55. The highest BCUT2D eigenvalue weighted by atomic mass is 19.4. The highest BCUT2D eigenvalue weighted by Gasteiger charge is 2.37. The average molecular weight is 326 g/mol. The molecule has 8 heteroatoms. The van der Waals surface area contributed by atoms with E-state index in [2.05, 4.69) is 15.4 Å². The van der Waals surface area contributed by atoms with Crippen LogP contribution in [-0.4, -0.2) is 27.0 Å². The van der Waals surface area contributed by atoms with Crippen molar-refractivity contribution < 1.29 is 18.0 Å². The third-order valence-corrected chi connectivity index (χ3v) is 3.84. The van der Waals surface area contributed by atoms with Crippen LogP contribution >= 0.6 is 0 Å². The van der Waals surface area contributed by atoms with Crippen LogP contribution in [0.2, 0.25) is 0 Å². The molecule has 0 radical (unpaired) electrons. The normalized spacial score (nSPS) is 15.1. The van der Waals surface area contributed by atoms with Crippen molar-refractivity contribution in [1.29, 1.82) is 0 Å². The highest BCUT2D eigenvalue weighted by Crippen LogP contribution is 2.41. The second-order valence-electron chi connectivity index (χ2n) is 5.74. The first kappa shape index (κ1) is 15.8. The smallest absolute Gasteiger partial charge is 0.352 e. The molecular formula is C15H17F3N4O. The molecule has 1 amide bonds. The molecule has 2 aromatic heterocycles. The van der Waals surface area contributed by atoms with Crippen molar-refractivity contribution >= 4 is 11.6 Å². The number of carbonyl (C=O) groups excluding carboxylic acids is 1. The largest absolute Gasteiger partial charge is 0.433 e. The quantitative estimate of drug-likeness (QED) is 0.859. The maximum absolute atomic E-state index is 13.3. The van der Waals surface area contributed by atoms with Gasteiger partial charge >= 0.3 is 6.18 Å². The van der Waals surface area contributed by atoms with Crippen molar-refractivity contribution in [2.24, 2.45) is 0 Å². The lowest BCUT2D eigenvalue weighted by molar-refractivity contribution is -0.142. The van der Waals surface area contributed by atoms with Gasteiger partial charge in [0.2, 0.25) is 0 Å². The highest BCUT2D eigenvalue weighted by molar-refractivity contribution is 5.99. The Balaban J connectivity index is 2.03. The Morgan fingerprint density at radius 1 is 1.43 bits per heavy atom. The molecule has 3 rings (SSSR count). The number of alkyl halides is 3. The first-order chi connectivity index (χ1) is 10.9. The van der Waals surface area contributed by atoms with E-state index in [0.29, 0.717) is 16.8 Å².